The Morgan fingerprint density at radius 2 is 2.40 bits per heavy atom. The first-order valence-electron chi connectivity index (χ1n) is 5.13. The van der Waals surface area contributed by atoms with E-state index in [2.05, 4.69) is 4.98 Å². The van der Waals surface area contributed by atoms with Crippen molar-refractivity contribution in [3.8, 4) is 0 Å². The summed E-state index contributed by atoms with van der Waals surface area (Å²) < 4.78 is 0. The summed E-state index contributed by atoms with van der Waals surface area (Å²) in [6, 6.07) is -0.124. The molecule has 3 N–H and O–H groups in total. The third-order valence-electron chi connectivity index (χ3n) is 2.59. The van der Waals surface area contributed by atoms with Crippen molar-refractivity contribution in [3.63, 3.8) is 0 Å². The van der Waals surface area contributed by atoms with Gasteiger partial charge in [0.1, 0.15) is 9.88 Å². The minimum Gasteiger partial charge on any atom is -0.477 e. The number of rotatable bonds is 4. The maximum atomic E-state index is 11.0. The van der Waals surface area contributed by atoms with E-state index >= 15 is 0 Å². The second kappa shape index (κ2) is 3.90. The quantitative estimate of drug-likeness (QED) is 0.824. The van der Waals surface area contributed by atoms with Gasteiger partial charge in [0.15, 0.2) is 0 Å². The van der Waals surface area contributed by atoms with Gasteiger partial charge in [0.2, 0.25) is 0 Å². The number of carbonyl (C=O) groups is 1. The minimum absolute atomic E-state index is 0.124. The van der Waals surface area contributed by atoms with Gasteiger partial charge in [-0.05, 0) is 19.3 Å². The Balaban J connectivity index is 2.35. The van der Waals surface area contributed by atoms with Gasteiger partial charge in [-0.15, -0.1) is 11.3 Å². The van der Waals surface area contributed by atoms with Crippen molar-refractivity contribution in [2.24, 2.45) is 5.73 Å². The molecule has 15 heavy (non-hydrogen) atoms. The number of aromatic nitrogens is 1. The molecule has 0 saturated heterocycles. The van der Waals surface area contributed by atoms with E-state index in [0.717, 1.165) is 30.0 Å². The van der Waals surface area contributed by atoms with Crippen LogP contribution >= 0.6 is 11.3 Å². The fourth-order valence-electron chi connectivity index (χ4n) is 1.47. The van der Waals surface area contributed by atoms with Crippen LogP contribution < -0.4 is 5.73 Å². The molecule has 2 rings (SSSR count). The SMILES string of the molecule is CCC(N)c1nc(C2CC2)c(C(=O)O)s1. The van der Waals surface area contributed by atoms with Crippen molar-refractivity contribution in [2.45, 2.75) is 38.1 Å². The first kappa shape index (κ1) is 10.6. The van der Waals surface area contributed by atoms with Crippen molar-refractivity contribution < 1.29 is 9.90 Å². The Hall–Kier alpha value is -0.940. The molecule has 5 heteroatoms. The van der Waals surface area contributed by atoms with Gasteiger partial charge in [0.25, 0.3) is 0 Å². The summed E-state index contributed by atoms with van der Waals surface area (Å²) in [5, 5.41) is 9.80. The molecule has 1 heterocycles. The average Bonchev–Trinajstić information content (AvgIpc) is 2.96. The molecule has 0 radical (unpaired) electrons. The summed E-state index contributed by atoms with van der Waals surface area (Å²) in [4.78, 5) is 15.8. The molecular weight excluding hydrogens is 212 g/mol. The van der Waals surface area contributed by atoms with Crippen LogP contribution in [0.4, 0.5) is 0 Å². The molecule has 1 aliphatic rings. The molecule has 0 aromatic carbocycles. The van der Waals surface area contributed by atoms with Crippen LogP contribution in [0.5, 0.6) is 0 Å². The van der Waals surface area contributed by atoms with E-state index < -0.39 is 5.97 Å². The number of hydrogen-bond donors (Lipinski definition) is 2. The first-order valence-corrected chi connectivity index (χ1v) is 5.94. The van der Waals surface area contributed by atoms with Gasteiger partial charge in [-0.25, -0.2) is 9.78 Å². The van der Waals surface area contributed by atoms with E-state index in [0.29, 0.717) is 10.8 Å². The summed E-state index contributed by atoms with van der Waals surface area (Å²) in [5.41, 5.74) is 6.61. The molecule has 0 amide bonds. The van der Waals surface area contributed by atoms with Crippen LogP contribution in [0.25, 0.3) is 0 Å². The van der Waals surface area contributed by atoms with Gasteiger partial charge in [-0.3, -0.25) is 0 Å². The standard InChI is InChI=1S/C10H14N2O2S/c1-2-6(11)9-12-7(5-3-4-5)8(15-9)10(13)14/h5-6H,2-4,11H2,1H3,(H,13,14). The lowest BCUT2D eigenvalue weighted by atomic mass is 10.2. The summed E-state index contributed by atoms with van der Waals surface area (Å²) in [6.07, 6.45) is 2.91. The maximum Gasteiger partial charge on any atom is 0.347 e. The zero-order valence-corrected chi connectivity index (χ0v) is 9.38. The highest BCUT2D eigenvalue weighted by Crippen LogP contribution is 2.43. The Bertz CT molecular complexity index is 385. The lowest BCUT2D eigenvalue weighted by molar-refractivity contribution is 0.0700. The van der Waals surface area contributed by atoms with Crippen molar-refractivity contribution in [1.29, 1.82) is 0 Å². The van der Waals surface area contributed by atoms with Crippen LogP contribution in [-0.4, -0.2) is 16.1 Å². The van der Waals surface area contributed by atoms with E-state index in [1.54, 1.807) is 0 Å². The lowest BCUT2D eigenvalue weighted by Crippen LogP contribution is -2.07. The van der Waals surface area contributed by atoms with Gasteiger partial charge >= 0.3 is 5.97 Å². The number of hydrogen-bond acceptors (Lipinski definition) is 4. The topological polar surface area (TPSA) is 76.2 Å². The molecule has 1 fully saturated rings. The molecule has 1 aromatic rings. The Morgan fingerprint density at radius 1 is 1.73 bits per heavy atom. The lowest BCUT2D eigenvalue weighted by Gasteiger charge is -2.01. The molecule has 4 nitrogen and oxygen atoms in total. The van der Waals surface area contributed by atoms with Gasteiger partial charge in [-0.2, -0.15) is 0 Å². The molecule has 1 aromatic heterocycles. The predicted molar refractivity (Wildman–Crippen MR) is 58.3 cm³/mol. The van der Waals surface area contributed by atoms with Gasteiger partial charge in [0.05, 0.1) is 11.7 Å². The van der Waals surface area contributed by atoms with Crippen molar-refractivity contribution in [1.82, 2.24) is 4.98 Å². The minimum atomic E-state index is -0.871. The van der Waals surface area contributed by atoms with Gasteiger partial charge in [-0.1, -0.05) is 6.92 Å². The van der Waals surface area contributed by atoms with Gasteiger partial charge in [0, 0.05) is 5.92 Å². The molecule has 0 spiro atoms. The van der Waals surface area contributed by atoms with E-state index in [4.69, 9.17) is 10.8 Å². The highest BCUT2D eigenvalue weighted by Gasteiger charge is 2.32. The van der Waals surface area contributed by atoms with E-state index in [-0.39, 0.29) is 6.04 Å². The van der Waals surface area contributed by atoms with Crippen LogP contribution in [0.2, 0.25) is 0 Å². The zero-order chi connectivity index (χ0) is 11.0. The highest BCUT2D eigenvalue weighted by molar-refractivity contribution is 7.13. The zero-order valence-electron chi connectivity index (χ0n) is 8.56. The molecule has 82 valence electrons. The van der Waals surface area contributed by atoms with Crippen molar-refractivity contribution in [2.75, 3.05) is 0 Å². The van der Waals surface area contributed by atoms with Crippen LogP contribution in [0.15, 0.2) is 0 Å². The summed E-state index contributed by atoms with van der Waals surface area (Å²) in [7, 11) is 0. The number of carboxylic acids is 1. The van der Waals surface area contributed by atoms with Crippen LogP contribution in [-0.2, 0) is 0 Å². The smallest absolute Gasteiger partial charge is 0.347 e. The summed E-state index contributed by atoms with van der Waals surface area (Å²) >= 11 is 1.23. The summed E-state index contributed by atoms with van der Waals surface area (Å²) in [5.74, 6) is -0.505. The number of nitrogens with two attached hydrogens (primary N) is 1. The maximum absolute atomic E-state index is 11.0. The third-order valence-corrected chi connectivity index (χ3v) is 3.78. The fourth-order valence-corrected chi connectivity index (χ4v) is 2.54. The van der Waals surface area contributed by atoms with E-state index in [9.17, 15) is 4.79 Å². The number of aromatic carboxylic acids is 1. The second-order valence-electron chi connectivity index (χ2n) is 3.86. The molecule has 1 saturated carbocycles. The van der Waals surface area contributed by atoms with E-state index in [1.165, 1.54) is 11.3 Å². The highest BCUT2D eigenvalue weighted by atomic mass is 32.1. The third kappa shape index (κ3) is 2.03. The number of carboxylic acid groups (broad SMARTS) is 1. The summed E-state index contributed by atoms with van der Waals surface area (Å²) in [6.45, 7) is 1.98. The Morgan fingerprint density at radius 3 is 2.87 bits per heavy atom. The number of nitrogens with zero attached hydrogens (tertiary/aromatic N) is 1. The molecule has 1 unspecified atom stereocenters. The molecule has 1 atom stereocenters. The largest absolute Gasteiger partial charge is 0.477 e. The second-order valence-corrected chi connectivity index (χ2v) is 4.89. The Labute approximate surface area is 92.1 Å². The van der Waals surface area contributed by atoms with Crippen LogP contribution in [0.3, 0.4) is 0 Å². The number of thiazole rings is 1. The van der Waals surface area contributed by atoms with Gasteiger partial charge < -0.3 is 10.8 Å². The van der Waals surface area contributed by atoms with Crippen LogP contribution in [0, 0.1) is 0 Å². The normalized spacial score (nSPS) is 17.7. The first-order chi connectivity index (χ1) is 7.13. The van der Waals surface area contributed by atoms with Crippen LogP contribution in [0.1, 0.15) is 58.5 Å². The monoisotopic (exact) mass is 226 g/mol. The fraction of sp³-hybridized carbons (Fsp3) is 0.600. The van der Waals surface area contributed by atoms with E-state index in [1.807, 2.05) is 6.92 Å². The molecule has 1 aliphatic carbocycles. The predicted octanol–water partition coefficient (Wildman–Crippen LogP) is 2.13. The average molecular weight is 226 g/mol. The molecule has 0 aliphatic heterocycles. The molecular formula is C10H14N2O2S. The van der Waals surface area contributed by atoms with Crippen molar-refractivity contribution in [3.05, 3.63) is 15.6 Å². The Kier molecular flexibility index (Phi) is 2.75. The molecule has 0 bridgehead atoms. The van der Waals surface area contributed by atoms with Crippen molar-refractivity contribution >= 4 is 17.3 Å².